The summed E-state index contributed by atoms with van der Waals surface area (Å²) in [5.74, 6) is 0.600. The van der Waals surface area contributed by atoms with Crippen LogP contribution in [0, 0.1) is 6.92 Å². The van der Waals surface area contributed by atoms with Crippen LogP contribution in [0.1, 0.15) is 36.8 Å². The molecule has 1 fully saturated rings. The number of ether oxygens (including phenoxy) is 1. The second-order valence-electron chi connectivity index (χ2n) is 7.88. The highest BCUT2D eigenvalue weighted by Gasteiger charge is 2.34. The largest absolute Gasteiger partial charge is 0.497 e. The Morgan fingerprint density at radius 2 is 1.77 bits per heavy atom. The molecule has 1 aliphatic rings. The summed E-state index contributed by atoms with van der Waals surface area (Å²) in [6.07, 6.45) is 3.60. The van der Waals surface area contributed by atoms with E-state index in [1.807, 2.05) is 25.1 Å². The number of benzene rings is 2. The van der Waals surface area contributed by atoms with E-state index in [-0.39, 0.29) is 23.0 Å². The fourth-order valence-corrected chi connectivity index (χ4v) is 5.79. The van der Waals surface area contributed by atoms with E-state index in [2.05, 4.69) is 4.98 Å². The van der Waals surface area contributed by atoms with Crippen molar-refractivity contribution in [3.63, 3.8) is 0 Å². The summed E-state index contributed by atoms with van der Waals surface area (Å²) in [5.41, 5.74) is 2.02. The van der Waals surface area contributed by atoms with Crippen LogP contribution in [0.3, 0.4) is 0 Å². The second-order valence-corrected chi connectivity index (χ2v) is 9.77. The van der Waals surface area contributed by atoms with E-state index in [4.69, 9.17) is 4.74 Å². The molecular weight excluding hydrogens is 400 g/mol. The highest BCUT2D eigenvalue weighted by Crippen LogP contribution is 2.31. The van der Waals surface area contributed by atoms with Crippen molar-refractivity contribution in [1.82, 2.24) is 9.29 Å². The summed E-state index contributed by atoms with van der Waals surface area (Å²) >= 11 is 0. The third-order valence-electron chi connectivity index (χ3n) is 5.80. The van der Waals surface area contributed by atoms with E-state index in [9.17, 15) is 13.2 Å². The monoisotopic (exact) mass is 426 g/mol. The molecule has 0 aliphatic heterocycles. The minimum atomic E-state index is -3.76. The standard InChI is InChI=1S/C23H26N2O4S/c1-16-7-8-17-14-18(23(26)24-22(17)13-16)15-25(19-5-3-4-6-19)30(27,28)21-11-9-20(29-2)10-12-21/h7-14,19H,3-6,15H2,1-2H3,(H,24,26). The number of methoxy groups -OCH3 is 1. The highest BCUT2D eigenvalue weighted by molar-refractivity contribution is 7.89. The minimum absolute atomic E-state index is 0.0537. The molecule has 0 unspecified atom stereocenters. The third-order valence-corrected chi connectivity index (χ3v) is 7.72. The molecule has 2 aromatic carbocycles. The maximum atomic E-state index is 13.5. The van der Waals surface area contributed by atoms with Gasteiger partial charge in [-0.2, -0.15) is 4.31 Å². The Morgan fingerprint density at radius 1 is 1.07 bits per heavy atom. The summed E-state index contributed by atoms with van der Waals surface area (Å²) in [4.78, 5) is 15.9. The van der Waals surface area contributed by atoms with Crippen LogP contribution in [-0.4, -0.2) is 30.9 Å². The number of aromatic nitrogens is 1. The van der Waals surface area contributed by atoms with Crippen LogP contribution >= 0.6 is 0 Å². The van der Waals surface area contributed by atoms with Crippen molar-refractivity contribution < 1.29 is 13.2 Å². The van der Waals surface area contributed by atoms with Gasteiger partial charge in [0.15, 0.2) is 0 Å². The van der Waals surface area contributed by atoms with Gasteiger partial charge in [0.2, 0.25) is 10.0 Å². The molecule has 6 nitrogen and oxygen atoms in total. The van der Waals surface area contributed by atoms with Gasteiger partial charge in [-0.05, 0) is 67.1 Å². The first-order valence-electron chi connectivity index (χ1n) is 10.2. The quantitative estimate of drug-likeness (QED) is 0.647. The molecule has 3 aromatic rings. The molecule has 158 valence electrons. The predicted octanol–water partition coefficient (Wildman–Crippen LogP) is 3.98. The van der Waals surface area contributed by atoms with Gasteiger partial charge in [-0.1, -0.05) is 25.0 Å². The molecule has 1 aliphatic carbocycles. The van der Waals surface area contributed by atoms with Crippen molar-refractivity contribution in [2.24, 2.45) is 0 Å². The smallest absolute Gasteiger partial charge is 0.252 e. The molecule has 0 bridgehead atoms. The first-order chi connectivity index (χ1) is 14.4. The van der Waals surface area contributed by atoms with Gasteiger partial charge in [-0.25, -0.2) is 8.42 Å². The van der Waals surface area contributed by atoms with Crippen molar-refractivity contribution in [2.45, 2.75) is 50.1 Å². The summed E-state index contributed by atoms with van der Waals surface area (Å²) in [5, 5.41) is 0.892. The summed E-state index contributed by atoms with van der Waals surface area (Å²) in [6, 6.07) is 13.9. The Labute approximate surface area is 176 Å². The average molecular weight is 427 g/mol. The number of nitrogens with one attached hydrogen (secondary N) is 1. The van der Waals surface area contributed by atoms with Gasteiger partial charge < -0.3 is 9.72 Å². The molecule has 30 heavy (non-hydrogen) atoms. The first-order valence-corrected chi connectivity index (χ1v) is 11.6. The van der Waals surface area contributed by atoms with Gasteiger partial charge in [0.1, 0.15) is 5.75 Å². The maximum absolute atomic E-state index is 13.5. The zero-order chi connectivity index (χ0) is 21.3. The fraction of sp³-hybridized carbons (Fsp3) is 0.348. The van der Waals surface area contributed by atoms with Crippen molar-refractivity contribution in [2.75, 3.05) is 7.11 Å². The number of hydrogen-bond acceptors (Lipinski definition) is 4. The summed E-state index contributed by atoms with van der Waals surface area (Å²) in [6.45, 7) is 2.02. The van der Waals surface area contributed by atoms with Crippen LogP contribution in [-0.2, 0) is 16.6 Å². The van der Waals surface area contributed by atoms with Crippen molar-refractivity contribution in [3.05, 3.63) is 70.0 Å². The van der Waals surface area contributed by atoms with Crippen LogP contribution < -0.4 is 10.3 Å². The molecule has 0 radical (unpaired) electrons. The average Bonchev–Trinajstić information content (AvgIpc) is 3.26. The molecule has 1 N–H and O–H groups in total. The molecule has 1 aromatic heterocycles. The maximum Gasteiger partial charge on any atom is 0.252 e. The van der Waals surface area contributed by atoms with Crippen LogP contribution in [0.4, 0.5) is 0 Å². The first kappa shape index (κ1) is 20.6. The Morgan fingerprint density at radius 3 is 2.43 bits per heavy atom. The molecule has 0 spiro atoms. The zero-order valence-corrected chi connectivity index (χ0v) is 18.0. The van der Waals surface area contributed by atoms with Gasteiger partial charge in [0, 0.05) is 23.7 Å². The Bertz CT molecular complexity index is 1210. The molecule has 0 saturated heterocycles. The highest BCUT2D eigenvalue weighted by atomic mass is 32.2. The Hall–Kier alpha value is -2.64. The predicted molar refractivity (Wildman–Crippen MR) is 117 cm³/mol. The number of pyridine rings is 1. The van der Waals surface area contributed by atoms with E-state index in [1.54, 1.807) is 37.4 Å². The lowest BCUT2D eigenvalue weighted by atomic mass is 10.1. The number of aromatic amines is 1. The van der Waals surface area contributed by atoms with E-state index in [0.717, 1.165) is 42.1 Å². The van der Waals surface area contributed by atoms with Gasteiger partial charge in [0.05, 0.1) is 12.0 Å². The van der Waals surface area contributed by atoms with E-state index < -0.39 is 10.0 Å². The van der Waals surface area contributed by atoms with Gasteiger partial charge >= 0.3 is 0 Å². The molecule has 4 rings (SSSR count). The molecule has 0 atom stereocenters. The lowest BCUT2D eigenvalue weighted by Crippen LogP contribution is -2.39. The number of nitrogens with zero attached hydrogens (tertiary/aromatic N) is 1. The Balaban J connectivity index is 1.74. The number of H-pyrrole nitrogens is 1. The van der Waals surface area contributed by atoms with Crippen molar-refractivity contribution in [1.29, 1.82) is 0 Å². The molecular formula is C23H26N2O4S. The van der Waals surface area contributed by atoms with E-state index in [1.165, 1.54) is 4.31 Å². The van der Waals surface area contributed by atoms with Gasteiger partial charge in [0.25, 0.3) is 5.56 Å². The SMILES string of the molecule is COc1ccc(S(=O)(=O)N(Cc2cc3ccc(C)cc3[nH]c2=O)C2CCCC2)cc1. The molecule has 7 heteroatoms. The normalized spacial score (nSPS) is 15.2. The van der Waals surface area contributed by atoms with E-state index in [0.29, 0.717) is 11.3 Å². The number of fused-ring (bicyclic) bond motifs is 1. The van der Waals surface area contributed by atoms with Crippen LogP contribution in [0.2, 0.25) is 0 Å². The van der Waals surface area contributed by atoms with Crippen LogP contribution in [0.25, 0.3) is 10.9 Å². The third kappa shape index (κ3) is 4.00. The second kappa shape index (κ2) is 8.24. The number of hydrogen-bond donors (Lipinski definition) is 1. The van der Waals surface area contributed by atoms with Gasteiger partial charge in [-0.15, -0.1) is 0 Å². The number of rotatable bonds is 6. The zero-order valence-electron chi connectivity index (χ0n) is 17.2. The minimum Gasteiger partial charge on any atom is -0.497 e. The fourth-order valence-electron chi connectivity index (χ4n) is 4.13. The summed E-state index contributed by atoms with van der Waals surface area (Å²) < 4.78 is 33.7. The molecule has 1 saturated carbocycles. The number of sulfonamides is 1. The summed E-state index contributed by atoms with van der Waals surface area (Å²) in [7, 11) is -2.22. The van der Waals surface area contributed by atoms with E-state index >= 15 is 0 Å². The van der Waals surface area contributed by atoms with Crippen LogP contribution in [0.15, 0.2) is 58.2 Å². The number of aryl methyl sites for hydroxylation is 1. The van der Waals surface area contributed by atoms with Crippen LogP contribution in [0.5, 0.6) is 5.75 Å². The lowest BCUT2D eigenvalue weighted by Gasteiger charge is -2.28. The topological polar surface area (TPSA) is 79.5 Å². The Kier molecular flexibility index (Phi) is 5.66. The molecule has 1 heterocycles. The van der Waals surface area contributed by atoms with Crippen molar-refractivity contribution >= 4 is 20.9 Å². The van der Waals surface area contributed by atoms with Gasteiger partial charge in [-0.3, -0.25) is 4.79 Å². The molecule has 0 amide bonds. The van der Waals surface area contributed by atoms with Crippen molar-refractivity contribution in [3.8, 4) is 5.75 Å². The lowest BCUT2D eigenvalue weighted by molar-refractivity contribution is 0.315.